The van der Waals surface area contributed by atoms with Crippen molar-refractivity contribution in [3.8, 4) is 17.0 Å². The number of halogens is 1. The zero-order valence-corrected chi connectivity index (χ0v) is 18.4. The van der Waals surface area contributed by atoms with Gasteiger partial charge in [0.15, 0.2) is 0 Å². The van der Waals surface area contributed by atoms with E-state index in [2.05, 4.69) is 10.3 Å². The van der Waals surface area contributed by atoms with Crippen LogP contribution in [0.3, 0.4) is 0 Å². The minimum Gasteiger partial charge on any atom is -0.474 e. The van der Waals surface area contributed by atoms with E-state index < -0.39 is 0 Å². The minimum absolute atomic E-state index is 0.0243. The monoisotopic (exact) mass is 447 g/mol. The van der Waals surface area contributed by atoms with Gasteiger partial charge in [0.25, 0.3) is 5.91 Å². The molecule has 0 radical (unpaired) electrons. The molecule has 0 saturated carbocycles. The lowest BCUT2D eigenvalue weighted by Gasteiger charge is -2.31. The number of aromatic nitrogens is 1. The van der Waals surface area contributed by atoms with E-state index in [0.717, 1.165) is 34.2 Å². The van der Waals surface area contributed by atoms with Gasteiger partial charge in [-0.25, -0.2) is 4.98 Å². The van der Waals surface area contributed by atoms with Crippen molar-refractivity contribution >= 4 is 29.1 Å². The van der Waals surface area contributed by atoms with Crippen molar-refractivity contribution in [2.24, 2.45) is 0 Å². The second-order valence-corrected chi connectivity index (χ2v) is 8.46. The van der Waals surface area contributed by atoms with Crippen LogP contribution in [0.15, 0.2) is 48.7 Å². The van der Waals surface area contributed by atoms with Crippen molar-refractivity contribution in [1.29, 1.82) is 0 Å². The van der Waals surface area contributed by atoms with E-state index in [1.54, 1.807) is 23.2 Å². The third kappa shape index (κ3) is 3.71. The molecule has 1 N–H and O–H groups in total. The average Bonchev–Trinajstić information content (AvgIpc) is 2.80. The molecule has 3 heterocycles. The highest BCUT2D eigenvalue weighted by molar-refractivity contribution is 6.30. The summed E-state index contributed by atoms with van der Waals surface area (Å²) in [5, 5.41) is 3.53. The van der Waals surface area contributed by atoms with Crippen LogP contribution in [0.4, 0.5) is 5.69 Å². The van der Waals surface area contributed by atoms with Crippen LogP contribution >= 0.6 is 11.6 Å². The fourth-order valence-corrected chi connectivity index (χ4v) is 4.46. The van der Waals surface area contributed by atoms with Crippen molar-refractivity contribution in [3.63, 3.8) is 0 Å². The van der Waals surface area contributed by atoms with E-state index >= 15 is 0 Å². The molecule has 1 aromatic heterocycles. The highest BCUT2D eigenvalue weighted by Gasteiger charge is 2.28. The Hall–Kier alpha value is -3.38. The number of hydrogen-bond acceptors (Lipinski definition) is 4. The average molecular weight is 448 g/mol. The van der Waals surface area contributed by atoms with Crippen LogP contribution in [0, 0.1) is 6.92 Å². The fourth-order valence-electron chi connectivity index (χ4n) is 4.33. The number of carbonyl (C=O) groups excluding carboxylic acids is 2. The summed E-state index contributed by atoms with van der Waals surface area (Å²) in [5.74, 6) is 0.376. The summed E-state index contributed by atoms with van der Waals surface area (Å²) >= 11 is 5.97. The first-order valence-electron chi connectivity index (χ1n) is 10.6. The summed E-state index contributed by atoms with van der Waals surface area (Å²) in [7, 11) is 0. The molecular formula is C25H22ClN3O3. The van der Waals surface area contributed by atoms with Crippen LogP contribution in [0.25, 0.3) is 11.1 Å². The minimum atomic E-state index is -0.0558. The van der Waals surface area contributed by atoms with Gasteiger partial charge in [0.05, 0.1) is 13.0 Å². The number of nitrogens with zero attached hydrogens (tertiary/aromatic N) is 2. The molecule has 0 fully saturated rings. The first-order valence-corrected chi connectivity index (χ1v) is 11.0. The second-order valence-electron chi connectivity index (χ2n) is 8.03. The maximum Gasteiger partial charge on any atom is 0.251 e. The van der Waals surface area contributed by atoms with Gasteiger partial charge >= 0.3 is 0 Å². The Morgan fingerprint density at radius 1 is 1.19 bits per heavy atom. The summed E-state index contributed by atoms with van der Waals surface area (Å²) in [6, 6.07) is 13.2. The smallest absolute Gasteiger partial charge is 0.251 e. The quantitative estimate of drug-likeness (QED) is 0.659. The number of benzene rings is 2. The molecule has 2 aliphatic rings. The standard InChI is InChI=1S/C25H22ClN3O3/c1-15-21(18-5-4-17-8-9-27-24(31)20(17)13-18)14-28-25-23(15)29(10-11-32-25)22(30)12-16-2-6-19(26)7-3-16/h2-7,13-14H,8-12H2,1H3,(H,27,31). The Morgan fingerprint density at radius 3 is 2.81 bits per heavy atom. The summed E-state index contributed by atoms with van der Waals surface area (Å²) in [6.45, 7) is 3.47. The van der Waals surface area contributed by atoms with Crippen LogP contribution in [-0.2, 0) is 17.6 Å². The van der Waals surface area contributed by atoms with Crippen LogP contribution in [0.2, 0.25) is 5.02 Å². The van der Waals surface area contributed by atoms with Gasteiger partial charge in [0.2, 0.25) is 11.8 Å². The van der Waals surface area contributed by atoms with E-state index in [4.69, 9.17) is 16.3 Å². The molecule has 3 aromatic rings. The zero-order valence-electron chi connectivity index (χ0n) is 17.7. The summed E-state index contributed by atoms with van der Waals surface area (Å²) in [6.07, 6.45) is 2.84. The number of carbonyl (C=O) groups is 2. The van der Waals surface area contributed by atoms with Crippen molar-refractivity contribution in [1.82, 2.24) is 10.3 Å². The largest absolute Gasteiger partial charge is 0.474 e. The summed E-state index contributed by atoms with van der Waals surface area (Å²) in [5.41, 5.74) is 5.99. The number of fused-ring (bicyclic) bond motifs is 2. The molecule has 32 heavy (non-hydrogen) atoms. The first kappa shape index (κ1) is 20.5. The number of nitrogens with one attached hydrogen (secondary N) is 1. The molecule has 5 rings (SSSR count). The molecule has 0 spiro atoms. The van der Waals surface area contributed by atoms with Gasteiger partial charge in [0, 0.05) is 28.9 Å². The zero-order chi connectivity index (χ0) is 22.2. The van der Waals surface area contributed by atoms with E-state index in [0.29, 0.717) is 41.8 Å². The topological polar surface area (TPSA) is 71.5 Å². The molecule has 2 aliphatic heterocycles. The van der Waals surface area contributed by atoms with Gasteiger partial charge in [-0.05, 0) is 53.8 Å². The highest BCUT2D eigenvalue weighted by Crippen LogP contribution is 2.39. The predicted octanol–water partition coefficient (Wildman–Crippen LogP) is 3.96. The molecule has 0 unspecified atom stereocenters. The van der Waals surface area contributed by atoms with Gasteiger partial charge in [-0.1, -0.05) is 35.9 Å². The van der Waals surface area contributed by atoms with E-state index in [1.165, 1.54) is 0 Å². The SMILES string of the molecule is Cc1c(-c2ccc3c(c2)C(=O)NCC3)cnc2c1N(C(=O)Cc1ccc(Cl)cc1)CCO2. The lowest BCUT2D eigenvalue weighted by atomic mass is 9.93. The molecular weight excluding hydrogens is 426 g/mol. The second kappa shape index (κ2) is 8.28. The van der Waals surface area contributed by atoms with Crippen LogP contribution in [0.5, 0.6) is 5.88 Å². The molecule has 162 valence electrons. The van der Waals surface area contributed by atoms with E-state index in [-0.39, 0.29) is 18.2 Å². The van der Waals surface area contributed by atoms with Gasteiger partial charge in [-0.15, -0.1) is 0 Å². The lowest BCUT2D eigenvalue weighted by molar-refractivity contribution is -0.118. The Balaban J connectivity index is 1.51. The van der Waals surface area contributed by atoms with Crippen LogP contribution < -0.4 is 15.0 Å². The molecule has 2 amide bonds. The molecule has 0 saturated heterocycles. The Labute approximate surface area is 191 Å². The Kier molecular flexibility index (Phi) is 5.31. The Morgan fingerprint density at radius 2 is 2.00 bits per heavy atom. The molecule has 7 heteroatoms. The van der Waals surface area contributed by atoms with Gasteiger partial charge < -0.3 is 15.0 Å². The van der Waals surface area contributed by atoms with Crippen molar-refractivity contribution in [2.45, 2.75) is 19.8 Å². The van der Waals surface area contributed by atoms with Crippen LogP contribution in [0.1, 0.15) is 27.0 Å². The number of rotatable bonds is 3. The van der Waals surface area contributed by atoms with Gasteiger partial charge in [-0.3, -0.25) is 9.59 Å². The number of amides is 2. The number of hydrogen-bond donors (Lipinski definition) is 1. The maximum absolute atomic E-state index is 13.2. The number of ether oxygens (including phenoxy) is 1. The van der Waals surface area contributed by atoms with E-state index in [9.17, 15) is 9.59 Å². The fraction of sp³-hybridized carbons (Fsp3) is 0.240. The predicted molar refractivity (Wildman–Crippen MR) is 123 cm³/mol. The highest BCUT2D eigenvalue weighted by atomic mass is 35.5. The lowest BCUT2D eigenvalue weighted by Crippen LogP contribution is -2.39. The number of anilines is 1. The normalized spacial score (nSPS) is 14.8. The van der Waals surface area contributed by atoms with Gasteiger partial charge in [0.1, 0.15) is 12.3 Å². The molecule has 6 nitrogen and oxygen atoms in total. The van der Waals surface area contributed by atoms with Crippen LogP contribution in [-0.4, -0.2) is 36.5 Å². The first-order chi connectivity index (χ1) is 15.5. The third-order valence-electron chi connectivity index (χ3n) is 6.01. The van der Waals surface area contributed by atoms with Crippen molar-refractivity contribution < 1.29 is 14.3 Å². The summed E-state index contributed by atoms with van der Waals surface area (Å²) in [4.78, 5) is 31.8. The molecule has 0 aliphatic carbocycles. The molecule has 2 aromatic carbocycles. The molecule has 0 bridgehead atoms. The van der Waals surface area contributed by atoms with E-state index in [1.807, 2.05) is 37.3 Å². The van der Waals surface area contributed by atoms with Crippen molar-refractivity contribution in [3.05, 3.63) is 75.9 Å². The van der Waals surface area contributed by atoms with Gasteiger partial charge in [-0.2, -0.15) is 0 Å². The molecule has 0 atom stereocenters. The number of pyridine rings is 1. The third-order valence-corrected chi connectivity index (χ3v) is 6.26. The van der Waals surface area contributed by atoms with Crippen molar-refractivity contribution in [2.75, 3.05) is 24.6 Å². The Bertz CT molecular complexity index is 1220. The summed E-state index contributed by atoms with van der Waals surface area (Å²) < 4.78 is 5.76. The maximum atomic E-state index is 13.2.